The first kappa shape index (κ1) is 18.3. The molecule has 0 bridgehead atoms. The van der Waals surface area contributed by atoms with Gasteiger partial charge in [-0.15, -0.1) is 0 Å². The lowest BCUT2D eigenvalue weighted by Gasteiger charge is -2.17. The van der Waals surface area contributed by atoms with Crippen LogP contribution in [-0.2, 0) is 22.5 Å². The Morgan fingerprint density at radius 3 is 2.58 bits per heavy atom. The summed E-state index contributed by atoms with van der Waals surface area (Å²) in [5, 5.41) is 15.2. The Labute approximate surface area is 155 Å². The van der Waals surface area contributed by atoms with Gasteiger partial charge in [0.25, 0.3) is 0 Å². The molecule has 0 unspecified atom stereocenters. The number of fused-ring (bicyclic) bond motifs is 1. The van der Waals surface area contributed by atoms with E-state index in [9.17, 15) is 9.90 Å². The van der Waals surface area contributed by atoms with Crippen LogP contribution in [0.15, 0.2) is 30.5 Å². The smallest absolute Gasteiger partial charge is 0.309 e. The van der Waals surface area contributed by atoms with Crippen LogP contribution in [0.25, 0.3) is 22.3 Å². The van der Waals surface area contributed by atoms with Gasteiger partial charge in [-0.3, -0.25) is 4.79 Å². The van der Waals surface area contributed by atoms with Crippen LogP contribution in [0, 0.1) is 0 Å². The van der Waals surface area contributed by atoms with Crippen LogP contribution in [-0.4, -0.2) is 43.5 Å². The van der Waals surface area contributed by atoms with E-state index in [1.54, 1.807) is 24.7 Å². The van der Waals surface area contributed by atoms with Crippen molar-refractivity contribution in [2.45, 2.75) is 32.4 Å². The predicted octanol–water partition coefficient (Wildman–Crippen LogP) is 2.63. The average Bonchev–Trinajstić information content (AvgIpc) is 2.95. The molecule has 1 N–H and O–H groups in total. The van der Waals surface area contributed by atoms with Gasteiger partial charge in [-0.05, 0) is 31.0 Å². The Hall–Kier alpha value is -2.51. The molecule has 0 aliphatic carbocycles. The summed E-state index contributed by atoms with van der Waals surface area (Å²) in [7, 11) is 1.36. The minimum absolute atomic E-state index is 0.101. The summed E-state index contributed by atoms with van der Waals surface area (Å²) in [5.74, 6) is -0.293. The van der Waals surface area contributed by atoms with E-state index in [0.29, 0.717) is 11.3 Å². The normalized spacial score (nSPS) is 11.7. The monoisotopic (exact) mass is 374 g/mol. The van der Waals surface area contributed by atoms with Gasteiger partial charge in [0, 0.05) is 5.56 Å². The average molecular weight is 375 g/mol. The van der Waals surface area contributed by atoms with Crippen LogP contribution in [0.3, 0.4) is 0 Å². The highest BCUT2D eigenvalue weighted by atomic mass is 35.5. The van der Waals surface area contributed by atoms with E-state index in [2.05, 4.69) is 19.8 Å². The third kappa shape index (κ3) is 4.00. The standard InChI is InChI=1S/C18H19ClN4O3/c1-18(2,25)10-23-16-13(9-20-23)15(21-17(19)22-16)12-6-4-11(5-7-12)8-14(24)26-3/h4-7,9,25H,8,10H2,1-3H3. The van der Waals surface area contributed by atoms with Gasteiger partial charge in [-0.25, -0.2) is 9.67 Å². The first-order chi connectivity index (χ1) is 12.3. The van der Waals surface area contributed by atoms with E-state index < -0.39 is 5.60 Å². The number of ether oxygens (including phenoxy) is 1. The number of aliphatic hydroxyl groups is 1. The van der Waals surface area contributed by atoms with Crippen LogP contribution in [0.1, 0.15) is 19.4 Å². The number of hydrogen-bond acceptors (Lipinski definition) is 6. The Kier molecular flexibility index (Phi) is 4.93. The lowest BCUT2D eigenvalue weighted by molar-refractivity contribution is -0.139. The number of halogens is 1. The summed E-state index contributed by atoms with van der Waals surface area (Å²) in [5.41, 5.74) is 1.93. The molecule has 3 aromatic rings. The minimum atomic E-state index is -0.938. The van der Waals surface area contributed by atoms with Crippen molar-refractivity contribution >= 4 is 28.6 Å². The summed E-state index contributed by atoms with van der Waals surface area (Å²) >= 11 is 6.11. The quantitative estimate of drug-likeness (QED) is 0.545. The van der Waals surface area contributed by atoms with Gasteiger partial charge in [0.05, 0.1) is 43.0 Å². The van der Waals surface area contributed by atoms with Crippen molar-refractivity contribution in [2.24, 2.45) is 0 Å². The summed E-state index contributed by atoms with van der Waals surface area (Å²) in [6.07, 6.45) is 1.87. The van der Waals surface area contributed by atoms with Gasteiger partial charge >= 0.3 is 5.97 Å². The van der Waals surface area contributed by atoms with E-state index in [1.807, 2.05) is 24.3 Å². The topological polar surface area (TPSA) is 90.1 Å². The first-order valence-electron chi connectivity index (χ1n) is 8.04. The number of carbonyl (C=O) groups is 1. The van der Waals surface area contributed by atoms with Crippen LogP contribution in [0.2, 0.25) is 5.28 Å². The second kappa shape index (κ2) is 7.01. The van der Waals surface area contributed by atoms with Crippen LogP contribution in [0.4, 0.5) is 0 Å². The third-order valence-corrected chi connectivity index (χ3v) is 3.98. The van der Waals surface area contributed by atoms with Crippen LogP contribution in [0.5, 0.6) is 0 Å². The molecule has 8 heteroatoms. The Bertz CT molecular complexity index is 945. The molecular weight excluding hydrogens is 356 g/mol. The van der Waals surface area contributed by atoms with Crippen molar-refractivity contribution in [3.63, 3.8) is 0 Å². The number of hydrogen-bond donors (Lipinski definition) is 1. The zero-order valence-electron chi connectivity index (χ0n) is 14.7. The largest absolute Gasteiger partial charge is 0.469 e. The number of aromatic nitrogens is 4. The number of methoxy groups -OCH3 is 1. The van der Waals surface area contributed by atoms with Gasteiger partial charge in [0.2, 0.25) is 5.28 Å². The van der Waals surface area contributed by atoms with Gasteiger partial charge in [-0.1, -0.05) is 24.3 Å². The minimum Gasteiger partial charge on any atom is -0.469 e. The first-order valence-corrected chi connectivity index (χ1v) is 8.42. The predicted molar refractivity (Wildman–Crippen MR) is 97.8 cm³/mol. The van der Waals surface area contributed by atoms with Crippen LogP contribution < -0.4 is 0 Å². The van der Waals surface area contributed by atoms with Gasteiger partial charge in [-0.2, -0.15) is 10.1 Å². The second-order valence-electron chi connectivity index (χ2n) is 6.64. The molecule has 2 heterocycles. The SMILES string of the molecule is COC(=O)Cc1ccc(-c2nc(Cl)nc3c2cnn3CC(C)(C)O)cc1. The molecule has 0 fully saturated rings. The summed E-state index contributed by atoms with van der Waals surface area (Å²) in [6.45, 7) is 3.68. The molecule has 2 aromatic heterocycles. The summed E-state index contributed by atoms with van der Waals surface area (Å²) in [6, 6.07) is 7.41. The molecule has 0 aliphatic heterocycles. The molecule has 7 nitrogen and oxygen atoms in total. The summed E-state index contributed by atoms with van der Waals surface area (Å²) < 4.78 is 6.29. The Morgan fingerprint density at radius 2 is 1.96 bits per heavy atom. The third-order valence-electron chi connectivity index (χ3n) is 3.81. The number of esters is 1. The van der Waals surface area contributed by atoms with Crippen molar-refractivity contribution in [1.29, 1.82) is 0 Å². The van der Waals surface area contributed by atoms with Gasteiger partial charge in [0.15, 0.2) is 5.65 Å². The molecule has 26 heavy (non-hydrogen) atoms. The number of carbonyl (C=O) groups excluding carboxylic acids is 1. The number of rotatable bonds is 5. The molecule has 0 amide bonds. The molecule has 0 atom stereocenters. The molecule has 1 aromatic carbocycles. The fourth-order valence-electron chi connectivity index (χ4n) is 2.65. The Balaban J connectivity index is 2.01. The number of nitrogens with zero attached hydrogens (tertiary/aromatic N) is 4. The highest BCUT2D eigenvalue weighted by Crippen LogP contribution is 2.28. The van der Waals surface area contributed by atoms with Crippen molar-refractivity contribution in [3.8, 4) is 11.3 Å². The molecule has 136 valence electrons. The van der Waals surface area contributed by atoms with E-state index in [0.717, 1.165) is 16.5 Å². The zero-order valence-corrected chi connectivity index (χ0v) is 15.5. The van der Waals surface area contributed by atoms with Gasteiger partial charge in [0.1, 0.15) is 0 Å². The lowest BCUT2D eigenvalue weighted by atomic mass is 10.1. The van der Waals surface area contributed by atoms with E-state index in [-0.39, 0.29) is 24.2 Å². The molecule has 0 aliphatic rings. The lowest BCUT2D eigenvalue weighted by Crippen LogP contribution is -2.26. The summed E-state index contributed by atoms with van der Waals surface area (Å²) in [4.78, 5) is 20.0. The maximum atomic E-state index is 11.4. The fourth-order valence-corrected chi connectivity index (χ4v) is 2.81. The van der Waals surface area contributed by atoms with Crippen molar-refractivity contribution in [2.75, 3.05) is 7.11 Å². The highest BCUT2D eigenvalue weighted by molar-refractivity contribution is 6.28. The van der Waals surface area contributed by atoms with Crippen molar-refractivity contribution < 1.29 is 14.6 Å². The van der Waals surface area contributed by atoms with Crippen molar-refractivity contribution in [1.82, 2.24) is 19.7 Å². The van der Waals surface area contributed by atoms with E-state index in [1.165, 1.54) is 7.11 Å². The number of benzene rings is 1. The molecule has 0 saturated heterocycles. The second-order valence-corrected chi connectivity index (χ2v) is 6.98. The van der Waals surface area contributed by atoms with E-state index in [4.69, 9.17) is 11.6 Å². The molecule has 0 saturated carbocycles. The maximum absolute atomic E-state index is 11.4. The fraction of sp³-hybridized carbons (Fsp3) is 0.333. The highest BCUT2D eigenvalue weighted by Gasteiger charge is 2.19. The molecule has 0 radical (unpaired) electrons. The molecule has 0 spiro atoms. The van der Waals surface area contributed by atoms with E-state index >= 15 is 0 Å². The molecular formula is C18H19ClN4O3. The zero-order chi connectivity index (χ0) is 18.9. The maximum Gasteiger partial charge on any atom is 0.309 e. The Morgan fingerprint density at radius 1 is 1.27 bits per heavy atom. The van der Waals surface area contributed by atoms with Crippen LogP contribution >= 0.6 is 11.6 Å². The van der Waals surface area contributed by atoms with Crippen molar-refractivity contribution in [3.05, 3.63) is 41.3 Å². The molecule has 3 rings (SSSR count). The van der Waals surface area contributed by atoms with Gasteiger partial charge < -0.3 is 9.84 Å².